The number of fused-ring (bicyclic) bond motifs is 1. The summed E-state index contributed by atoms with van der Waals surface area (Å²) in [4.78, 5) is 31.2. The van der Waals surface area contributed by atoms with Crippen LogP contribution in [0.4, 0.5) is 35.9 Å². The van der Waals surface area contributed by atoms with Crippen molar-refractivity contribution in [3.8, 4) is 0 Å². The van der Waals surface area contributed by atoms with Gasteiger partial charge in [-0.3, -0.25) is 0 Å². The number of rotatable bonds is 4. The molecule has 0 radical (unpaired) electrons. The Morgan fingerprint density at radius 2 is 1.49 bits per heavy atom. The minimum atomic E-state index is -5.01. The van der Waals surface area contributed by atoms with Gasteiger partial charge in [0, 0.05) is 26.6 Å². The number of halogens is 6. The highest BCUT2D eigenvalue weighted by Gasteiger charge is 2.71. The van der Waals surface area contributed by atoms with E-state index in [0.717, 1.165) is 10.5 Å². The van der Waals surface area contributed by atoms with Crippen LogP contribution in [0, 0.1) is 5.92 Å². The molecule has 0 aromatic heterocycles. The summed E-state index contributed by atoms with van der Waals surface area (Å²) in [7, 11) is 2.96. The molecule has 224 valence electrons. The Morgan fingerprint density at radius 1 is 0.951 bits per heavy atom. The molecule has 41 heavy (non-hydrogen) atoms. The Morgan fingerprint density at radius 3 is 1.98 bits per heavy atom. The molecule has 0 unspecified atom stereocenters. The lowest BCUT2D eigenvalue weighted by Gasteiger charge is -2.40. The highest BCUT2D eigenvalue weighted by Crippen LogP contribution is 2.63. The van der Waals surface area contributed by atoms with Crippen molar-refractivity contribution in [3.63, 3.8) is 0 Å². The van der Waals surface area contributed by atoms with Crippen molar-refractivity contribution in [2.45, 2.75) is 69.7 Å². The summed E-state index contributed by atoms with van der Waals surface area (Å²) in [5.41, 5.74) is -3.98. The van der Waals surface area contributed by atoms with Crippen LogP contribution in [0.2, 0.25) is 0 Å². The normalized spacial score (nSPS) is 23.1. The van der Waals surface area contributed by atoms with Crippen LogP contribution in [0.3, 0.4) is 0 Å². The topological polar surface area (TPSA) is 53.1 Å². The summed E-state index contributed by atoms with van der Waals surface area (Å²) < 4.78 is 86.5. The molecule has 1 heterocycles. The van der Waals surface area contributed by atoms with E-state index in [0.29, 0.717) is 18.6 Å². The fourth-order valence-electron chi connectivity index (χ4n) is 5.71. The first-order valence-corrected chi connectivity index (χ1v) is 13.1. The first-order valence-electron chi connectivity index (χ1n) is 13.1. The molecule has 6 nitrogen and oxygen atoms in total. The monoisotopic (exact) mass is 585 g/mol. The molecule has 2 aromatic rings. The number of amides is 3. The number of hydrogen-bond donors (Lipinski definition) is 0. The van der Waals surface area contributed by atoms with Crippen LogP contribution in [-0.2, 0) is 17.1 Å². The number of urea groups is 1. The molecule has 4 atom stereocenters. The molecule has 1 aliphatic heterocycles. The van der Waals surface area contributed by atoms with Gasteiger partial charge in [-0.1, -0.05) is 30.3 Å². The zero-order chi connectivity index (χ0) is 30.7. The molecule has 1 aliphatic carbocycles. The zero-order valence-electron chi connectivity index (χ0n) is 23.6. The maximum Gasteiger partial charge on any atom is 0.416 e. The minimum absolute atomic E-state index is 0.0632. The summed E-state index contributed by atoms with van der Waals surface area (Å²) in [6.45, 7) is 6.86. The molecule has 3 amide bonds. The molecule has 2 aromatic carbocycles. The number of alkyl halides is 6. The number of ether oxygens (including phenoxy) is 1. The fourth-order valence-corrected chi connectivity index (χ4v) is 5.71. The van der Waals surface area contributed by atoms with E-state index in [1.165, 1.54) is 18.9 Å². The molecule has 4 rings (SSSR count). The van der Waals surface area contributed by atoms with E-state index < -0.39 is 58.8 Å². The lowest BCUT2D eigenvalue weighted by Crippen LogP contribution is -2.50. The number of hydrogen-bond acceptors (Lipinski definition) is 3. The van der Waals surface area contributed by atoms with E-state index in [2.05, 4.69) is 0 Å². The third-order valence-corrected chi connectivity index (χ3v) is 7.95. The van der Waals surface area contributed by atoms with Crippen LogP contribution in [0.25, 0.3) is 0 Å². The van der Waals surface area contributed by atoms with Crippen molar-refractivity contribution in [2.24, 2.45) is 5.92 Å². The first-order chi connectivity index (χ1) is 18.8. The molecule has 12 heteroatoms. The average Bonchev–Trinajstić information content (AvgIpc) is 3.49. The fraction of sp³-hybridized carbons (Fsp3) is 0.517. The van der Waals surface area contributed by atoms with Crippen LogP contribution in [0.15, 0.2) is 48.5 Å². The Labute approximate surface area is 234 Å². The van der Waals surface area contributed by atoms with Gasteiger partial charge in [0.25, 0.3) is 0 Å². The van der Waals surface area contributed by atoms with Crippen molar-refractivity contribution in [3.05, 3.63) is 70.8 Å². The van der Waals surface area contributed by atoms with Crippen LogP contribution in [-0.4, -0.2) is 58.6 Å². The van der Waals surface area contributed by atoms with Crippen molar-refractivity contribution in [2.75, 3.05) is 20.6 Å². The zero-order valence-corrected chi connectivity index (χ0v) is 23.6. The third-order valence-electron chi connectivity index (χ3n) is 7.95. The first kappa shape index (κ1) is 30.5. The van der Waals surface area contributed by atoms with Gasteiger partial charge in [0.05, 0.1) is 28.7 Å². The summed E-state index contributed by atoms with van der Waals surface area (Å²) in [5, 5.41) is 0. The quantitative estimate of drug-likeness (QED) is 0.349. The van der Waals surface area contributed by atoms with Gasteiger partial charge in [0.1, 0.15) is 5.60 Å². The number of benzene rings is 2. The number of carbonyl (C=O) groups is 2. The smallest absolute Gasteiger partial charge is 0.416 e. The molecule has 0 spiro atoms. The average molecular weight is 586 g/mol. The van der Waals surface area contributed by atoms with Gasteiger partial charge >= 0.3 is 24.5 Å². The van der Waals surface area contributed by atoms with Gasteiger partial charge in [0.2, 0.25) is 0 Å². The number of likely N-dealkylation sites (N-methyl/N-ethyl adjacent to an activating group) is 1. The van der Waals surface area contributed by atoms with Crippen LogP contribution < -0.4 is 0 Å². The van der Waals surface area contributed by atoms with E-state index >= 15 is 0 Å². The van der Waals surface area contributed by atoms with Crippen molar-refractivity contribution in [1.29, 1.82) is 0 Å². The highest BCUT2D eigenvalue weighted by atomic mass is 19.4. The summed E-state index contributed by atoms with van der Waals surface area (Å²) >= 11 is 0. The minimum Gasteiger partial charge on any atom is -0.444 e. The molecular formula is C29H33F6N3O3. The second-order valence-electron chi connectivity index (χ2n) is 11.8. The second-order valence-corrected chi connectivity index (χ2v) is 11.8. The van der Waals surface area contributed by atoms with E-state index in [9.17, 15) is 35.9 Å². The van der Waals surface area contributed by atoms with Crippen molar-refractivity contribution in [1.82, 2.24) is 14.7 Å². The van der Waals surface area contributed by atoms with Crippen molar-refractivity contribution < 1.29 is 40.7 Å². The lowest BCUT2D eigenvalue weighted by molar-refractivity contribution is -0.143. The largest absolute Gasteiger partial charge is 0.444 e. The van der Waals surface area contributed by atoms with Gasteiger partial charge in [-0.2, -0.15) is 26.3 Å². The van der Waals surface area contributed by atoms with E-state index in [-0.39, 0.29) is 24.1 Å². The predicted octanol–water partition coefficient (Wildman–Crippen LogP) is 7.52. The SMILES string of the molecule is C[C@@H](c1cc(C(F)(F)F)cc(C(F)(F)F)c1)N(C)C(=O)N1C[C@H]2C[C@@]2(N(C)C(=O)OC(C)(C)C)[C@H]1c1ccccc1. The van der Waals surface area contributed by atoms with Gasteiger partial charge in [-0.15, -0.1) is 0 Å². The molecule has 0 N–H and O–H groups in total. The Kier molecular flexibility index (Phi) is 7.54. The summed E-state index contributed by atoms with van der Waals surface area (Å²) in [6, 6.07) is 8.05. The van der Waals surface area contributed by atoms with Crippen LogP contribution in [0.5, 0.6) is 0 Å². The summed E-state index contributed by atoms with van der Waals surface area (Å²) in [5.74, 6) is -0.0942. The molecule has 1 saturated carbocycles. The van der Waals surface area contributed by atoms with Gasteiger partial charge < -0.3 is 19.4 Å². The second kappa shape index (κ2) is 10.1. The Bertz CT molecular complexity index is 1280. The van der Waals surface area contributed by atoms with Gasteiger partial charge in [0.15, 0.2) is 0 Å². The Balaban J connectivity index is 1.68. The molecule has 2 fully saturated rings. The third kappa shape index (κ3) is 5.83. The maximum absolute atomic E-state index is 13.9. The highest BCUT2D eigenvalue weighted by molar-refractivity contribution is 5.78. The van der Waals surface area contributed by atoms with E-state index in [1.54, 1.807) is 50.9 Å². The number of likely N-dealkylation sites (tertiary alicyclic amines) is 1. The molecule has 0 bridgehead atoms. The van der Waals surface area contributed by atoms with Gasteiger partial charge in [-0.05, 0) is 63.4 Å². The number of carbonyl (C=O) groups excluding carboxylic acids is 2. The van der Waals surface area contributed by atoms with Crippen LogP contribution in [0.1, 0.15) is 68.5 Å². The number of nitrogens with zero attached hydrogens (tertiary/aromatic N) is 3. The summed E-state index contributed by atoms with van der Waals surface area (Å²) in [6.07, 6.45) is -9.97. The predicted molar refractivity (Wildman–Crippen MR) is 139 cm³/mol. The van der Waals surface area contributed by atoms with E-state index in [4.69, 9.17) is 4.74 Å². The van der Waals surface area contributed by atoms with E-state index in [1.807, 2.05) is 12.1 Å². The lowest BCUT2D eigenvalue weighted by atomic mass is 9.96. The molecular weight excluding hydrogens is 552 g/mol. The van der Waals surface area contributed by atoms with Crippen molar-refractivity contribution >= 4 is 12.1 Å². The Hall–Kier alpha value is -3.44. The molecule has 2 aliphatic rings. The standard InChI is InChI=1S/C29H33F6N3O3/c1-17(19-12-20(28(30,31)32)14-21(13-19)29(33,34)35)36(5)24(39)38-16-22-15-27(22,23(38)18-10-8-7-9-11-18)37(6)25(40)41-26(2,3)4/h7-14,17,22-23H,15-16H2,1-6H3/t17-,22+,23+,27-/m0/s1. The number of piperidine rings is 1. The molecule has 1 saturated heterocycles. The van der Waals surface area contributed by atoms with Gasteiger partial charge in [-0.25, -0.2) is 9.59 Å². The maximum atomic E-state index is 13.9. The van der Waals surface area contributed by atoms with Crippen LogP contribution >= 0.6 is 0 Å².